The van der Waals surface area contributed by atoms with Crippen LogP contribution in [0.25, 0.3) is 0 Å². The molecule has 8 heteroatoms. The van der Waals surface area contributed by atoms with Crippen molar-refractivity contribution >= 4 is 11.8 Å². The van der Waals surface area contributed by atoms with Gasteiger partial charge in [-0.3, -0.25) is 14.3 Å². The fraction of sp³-hybridized carbons (Fsp3) is 0.588. The summed E-state index contributed by atoms with van der Waals surface area (Å²) < 4.78 is 1.67. The summed E-state index contributed by atoms with van der Waals surface area (Å²) in [5.74, 6) is 2.00. The van der Waals surface area contributed by atoms with Gasteiger partial charge >= 0.3 is 0 Å². The van der Waals surface area contributed by atoms with Gasteiger partial charge in [0, 0.05) is 58.1 Å². The first-order chi connectivity index (χ1) is 12.0. The molecule has 3 rings (SSSR count). The first-order valence-corrected chi connectivity index (χ1v) is 8.35. The molecule has 132 valence electrons. The van der Waals surface area contributed by atoms with Crippen LogP contribution in [0.3, 0.4) is 0 Å². The van der Waals surface area contributed by atoms with E-state index in [1.807, 2.05) is 13.2 Å². The quantitative estimate of drug-likeness (QED) is 0.750. The predicted molar refractivity (Wildman–Crippen MR) is 90.1 cm³/mol. The molecule has 25 heavy (non-hydrogen) atoms. The second-order valence-electron chi connectivity index (χ2n) is 6.64. The maximum Gasteiger partial charge on any atom is 0.226 e. The Labute approximate surface area is 146 Å². The smallest absolute Gasteiger partial charge is 0.226 e. The van der Waals surface area contributed by atoms with Crippen molar-refractivity contribution in [3.63, 3.8) is 0 Å². The zero-order valence-electron chi connectivity index (χ0n) is 14.5. The fourth-order valence-electron chi connectivity index (χ4n) is 3.34. The molecule has 0 spiro atoms. The molecular formula is C17H22N6O2. The summed E-state index contributed by atoms with van der Waals surface area (Å²) in [7, 11) is 3.54. The third-order valence-electron chi connectivity index (χ3n) is 4.87. The average molecular weight is 342 g/mol. The van der Waals surface area contributed by atoms with E-state index in [4.69, 9.17) is 6.42 Å². The Morgan fingerprint density at radius 2 is 2.20 bits per heavy atom. The molecule has 8 nitrogen and oxygen atoms in total. The number of terminal acetylenes is 1. The number of hydrogen-bond donors (Lipinski definition) is 1. The first-order valence-electron chi connectivity index (χ1n) is 8.35. The monoisotopic (exact) mass is 342 g/mol. The summed E-state index contributed by atoms with van der Waals surface area (Å²) in [4.78, 5) is 26.4. The summed E-state index contributed by atoms with van der Waals surface area (Å²) in [6, 6.07) is -0.285. The molecule has 0 aromatic carbocycles. The third-order valence-corrected chi connectivity index (χ3v) is 4.87. The molecule has 1 aromatic heterocycles. The van der Waals surface area contributed by atoms with Crippen LogP contribution >= 0.6 is 0 Å². The molecule has 1 saturated heterocycles. The maximum atomic E-state index is 12.6. The van der Waals surface area contributed by atoms with E-state index in [1.165, 1.54) is 0 Å². The molecule has 2 unspecified atom stereocenters. The van der Waals surface area contributed by atoms with Gasteiger partial charge in [0.25, 0.3) is 0 Å². The molecule has 2 aliphatic rings. The number of aryl methyl sites for hydroxylation is 1. The molecule has 0 bridgehead atoms. The van der Waals surface area contributed by atoms with Crippen LogP contribution in [0, 0.1) is 18.3 Å². The Kier molecular flexibility index (Phi) is 4.57. The molecule has 0 aliphatic carbocycles. The molecule has 3 heterocycles. The van der Waals surface area contributed by atoms with E-state index in [-0.39, 0.29) is 24.3 Å². The van der Waals surface area contributed by atoms with E-state index in [0.29, 0.717) is 25.8 Å². The zero-order chi connectivity index (χ0) is 18.0. The molecular weight excluding hydrogens is 320 g/mol. The van der Waals surface area contributed by atoms with Gasteiger partial charge in [-0.1, -0.05) is 0 Å². The minimum Gasteiger partial charge on any atom is -0.356 e. The molecule has 0 saturated carbocycles. The Bertz CT molecular complexity index is 741. The van der Waals surface area contributed by atoms with Crippen LogP contribution in [0.1, 0.15) is 37.3 Å². The van der Waals surface area contributed by atoms with Crippen LogP contribution in [0.4, 0.5) is 0 Å². The number of carbonyl (C=O) groups excluding carboxylic acids is 2. The Morgan fingerprint density at radius 1 is 1.44 bits per heavy atom. The predicted octanol–water partition coefficient (Wildman–Crippen LogP) is 1.02. The SMILES string of the molecule is C#CCCC1(CCNC(=O)C2CC(=O)N(C)C2c2cnn(C)c2)N=N1. The second-order valence-corrected chi connectivity index (χ2v) is 6.64. The molecule has 1 aromatic rings. The van der Waals surface area contributed by atoms with E-state index in [0.717, 1.165) is 5.56 Å². The summed E-state index contributed by atoms with van der Waals surface area (Å²) in [5.41, 5.74) is 0.457. The number of rotatable bonds is 7. The van der Waals surface area contributed by atoms with Gasteiger partial charge in [0.15, 0.2) is 5.66 Å². The van der Waals surface area contributed by atoms with Crippen molar-refractivity contribution in [2.75, 3.05) is 13.6 Å². The highest BCUT2D eigenvalue weighted by molar-refractivity contribution is 5.90. The Balaban J connectivity index is 1.59. The van der Waals surface area contributed by atoms with Gasteiger partial charge in [0.2, 0.25) is 11.8 Å². The summed E-state index contributed by atoms with van der Waals surface area (Å²) in [6.07, 6.45) is 11.0. The van der Waals surface area contributed by atoms with E-state index in [1.54, 1.807) is 22.8 Å². The summed E-state index contributed by atoms with van der Waals surface area (Å²) >= 11 is 0. The first kappa shape index (κ1) is 17.1. The van der Waals surface area contributed by atoms with Crippen LogP contribution in [-0.4, -0.2) is 45.8 Å². The van der Waals surface area contributed by atoms with Gasteiger partial charge in [-0.05, 0) is 0 Å². The maximum absolute atomic E-state index is 12.6. The highest BCUT2D eigenvalue weighted by atomic mass is 16.2. The van der Waals surface area contributed by atoms with Crippen molar-refractivity contribution in [1.29, 1.82) is 0 Å². The van der Waals surface area contributed by atoms with Crippen molar-refractivity contribution in [2.24, 2.45) is 23.2 Å². The van der Waals surface area contributed by atoms with Crippen LogP contribution < -0.4 is 5.32 Å². The number of likely N-dealkylation sites (tertiary alicyclic amines) is 1. The van der Waals surface area contributed by atoms with Crippen molar-refractivity contribution in [3.05, 3.63) is 18.0 Å². The molecule has 2 aliphatic heterocycles. The average Bonchev–Trinajstić information content (AvgIpc) is 3.12. The largest absolute Gasteiger partial charge is 0.356 e. The number of carbonyl (C=O) groups is 2. The topological polar surface area (TPSA) is 92.0 Å². The third kappa shape index (κ3) is 3.55. The molecule has 1 fully saturated rings. The highest BCUT2D eigenvalue weighted by Crippen LogP contribution is 2.38. The lowest BCUT2D eigenvalue weighted by molar-refractivity contribution is -0.128. The van der Waals surface area contributed by atoms with Gasteiger partial charge < -0.3 is 10.2 Å². The fourth-order valence-corrected chi connectivity index (χ4v) is 3.34. The zero-order valence-corrected chi connectivity index (χ0v) is 14.5. The number of amides is 2. The Hall–Kier alpha value is -2.69. The molecule has 2 amide bonds. The van der Waals surface area contributed by atoms with Crippen LogP contribution in [-0.2, 0) is 16.6 Å². The lowest BCUT2D eigenvalue weighted by Gasteiger charge is -2.23. The van der Waals surface area contributed by atoms with E-state index >= 15 is 0 Å². The molecule has 1 N–H and O–H groups in total. The van der Waals surface area contributed by atoms with Crippen molar-refractivity contribution in [2.45, 2.75) is 37.4 Å². The summed E-state index contributed by atoms with van der Waals surface area (Å²) in [5, 5.41) is 15.2. The summed E-state index contributed by atoms with van der Waals surface area (Å²) in [6.45, 7) is 0.463. The van der Waals surface area contributed by atoms with Gasteiger partial charge in [-0.15, -0.1) is 12.3 Å². The normalized spacial score (nSPS) is 23.6. The second kappa shape index (κ2) is 6.67. The highest BCUT2D eigenvalue weighted by Gasteiger charge is 2.44. The number of aromatic nitrogens is 2. The van der Waals surface area contributed by atoms with Crippen molar-refractivity contribution in [1.82, 2.24) is 20.0 Å². The minimum absolute atomic E-state index is 0.0355. The van der Waals surface area contributed by atoms with Gasteiger partial charge in [0.05, 0.1) is 18.2 Å². The molecule has 0 radical (unpaired) electrons. The van der Waals surface area contributed by atoms with Crippen LogP contribution in [0.2, 0.25) is 0 Å². The standard InChI is InChI=1S/C17H22N6O2/c1-4-5-6-17(20-21-17)7-8-18-16(25)13-9-14(24)23(3)15(13)12-10-19-22(2)11-12/h1,10-11,13,15H,5-9H2,2-3H3,(H,18,25). The molecule has 2 atom stereocenters. The number of nitrogens with zero attached hydrogens (tertiary/aromatic N) is 5. The van der Waals surface area contributed by atoms with E-state index in [9.17, 15) is 9.59 Å². The number of nitrogens with one attached hydrogen (secondary N) is 1. The van der Waals surface area contributed by atoms with Crippen molar-refractivity contribution in [3.8, 4) is 12.3 Å². The lowest BCUT2D eigenvalue weighted by Crippen LogP contribution is -2.36. The lowest BCUT2D eigenvalue weighted by atomic mass is 9.94. The van der Waals surface area contributed by atoms with E-state index < -0.39 is 11.6 Å². The van der Waals surface area contributed by atoms with Crippen LogP contribution in [0.15, 0.2) is 22.6 Å². The van der Waals surface area contributed by atoms with Gasteiger partial charge in [-0.25, -0.2) is 0 Å². The van der Waals surface area contributed by atoms with Gasteiger partial charge in [-0.2, -0.15) is 15.3 Å². The van der Waals surface area contributed by atoms with Crippen molar-refractivity contribution < 1.29 is 9.59 Å². The number of hydrogen-bond acceptors (Lipinski definition) is 5. The minimum atomic E-state index is -0.420. The van der Waals surface area contributed by atoms with Gasteiger partial charge in [0.1, 0.15) is 0 Å². The van der Waals surface area contributed by atoms with E-state index in [2.05, 4.69) is 26.6 Å². The van der Waals surface area contributed by atoms with Crippen LogP contribution in [0.5, 0.6) is 0 Å². The Morgan fingerprint density at radius 3 is 2.80 bits per heavy atom.